The fraction of sp³-hybridized carbons (Fsp3) is 0.318. The maximum Gasteiger partial charge on any atom is 0.268 e. The highest BCUT2D eigenvalue weighted by Gasteiger charge is 2.24. The Morgan fingerprint density at radius 2 is 1.77 bits per heavy atom. The van der Waals surface area contributed by atoms with Crippen LogP contribution in [0.5, 0.6) is 11.5 Å². The van der Waals surface area contributed by atoms with Crippen molar-refractivity contribution in [3.8, 4) is 28.6 Å². The summed E-state index contributed by atoms with van der Waals surface area (Å²) in [6, 6.07) is 7.75. The van der Waals surface area contributed by atoms with Gasteiger partial charge in [-0.2, -0.15) is 0 Å². The number of fused-ring (bicyclic) bond motifs is 1. The van der Waals surface area contributed by atoms with Crippen molar-refractivity contribution in [2.75, 3.05) is 19.5 Å². The van der Waals surface area contributed by atoms with Crippen LogP contribution in [0.1, 0.15) is 12.8 Å². The van der Waals surface area contributed by atoms with Crippen molar-refractivity contribution in [2.24, 2.45) is 0 Å². The Morgan fingerprint density at radius 1 is 1.10 bits per heavy atom. The Morgan fingerprint density at radius 3 is 2.39 bits per heavy atom. The number of methoxy groups -OCH3 is 2. The Bertz CT molecular complexity index is 1130. The van der Waals surface area contributed by atoms with Crippen molar-refractivity contribution >= 4 is 46.8 Å². The van der Waals surface area contributed by atoms with Crippen LogP contribution >= 0.6 is 23.2 Å². The van der Waals surface area contributed by atoms with Gasteiger partial charge in [0, 0.05) is 35.2 Å². The van der Waals surface area contributed by atoms with Gasteiger partial charge in [-0.05, 0) is 30.5 Å². The number of nitrogens with zero attached hydrogens (tertiary/aromatic N) is 3. The van der Waals surface area contributed by atoms with E-state index in [0.717, 1.165) is 41.9 Å². The molecule has 0 amide bonds. The molecule has 1 aliphatic rings. The summed E-state index contributed by atoms with van der Waals surface area (Å²) in [7, 11) is 3.10. The van der Waals surface area contributed by atoms with E-state index < -0.39 is 0 Å². The first-order chi connectivity index (χ1) is 15.0. The Hall–Kier alpha value is -2.69. The fourth-order valence-corrected chi connectivity index (χ4v) is 4.67. The van der Waals surface area contributed by atoms with E-state index in [9.17, 15) is 0 Å². The van der Waals surface area contributed by atoms with Crippen molar-refractivity contribution in [1.29, 1.82) is 5.26 Å². The molecular formula is C22H21BCl2N4O2. The van der Waals surface area contributed by atoms with Gasteiger partial charge in [-0.3, -0.25) is 0 Å². The van der Waals surface area contributed by atoms with Gasteiger partial charge in [0.05, 0.1) is 29.8 Å². The van der Waals surface area contributed by atoms with Crippen LogP contribution in [0.15, 0.2) is 30.5 Å². The van der Waals surface area contributed by atoms with Gasteiger partial charge in [0.2, 0.25) is 5.95 Å². The van der Waals surface area contributed by atoms with E-state index in [1.54, 1.807) is 26.5 Å². The quantitative estimate of drug-likeness (QED) is 0.494. The molecule has 9 heteroatoms. The third kappa shape index (κ3) is 4.37. The number of aromatic nitrogens is 2. The predicted octanol–water partition coefficient (Wildman–Crippen LogP) is 5.75. The smallest absolute Gasteiger partial charge is 0.268 e. The van der Waals surface area contributed by atoms with E-state index in [2.05, 4.69) is 21.3 Å². The molecule has 1 aliphatic heterocycles. The van der Waals surface area contributed by atoms with Crippen LogP contribution in [0, 0.1) is 11.2 Å². The van der Waals surface area contributed by atoms with Gasteiger partial charge in [0.15, 0.2) is 0 Å². The second-order valence-electron chi connectivity index (χ2n) is 7.57. The van der Waals surface area contributed by atoms with Gasteiger partial charge < -0.3 is 14.8 Å². The minimum Gasteiger partial charge on any atom is -0.495 e. The third-order valence-corrected chi connectivity index (χ3v) is 6.44. The Kier molecular flexibility index (Phi) is 6.40. The van der Waals surface area contributed by atoms with Crippen LogP contribution in [0.3, 0.4) is 0 Å². The van der Waals surface area contributed by atoms with Gasteiger partial charge in [0.1, 0.15) is 11.5 Å². The number of nitriles is 1. The van der Waals surface area contributed by atoms with E-state index in [1.807, 2.05) is 18.2 Å². The highest BCUT2D eigenvalue weighted by Crippen LogP contribution is 2.46. The summed E-state index contributed by atoms with van der Waals surface area (Å²) >= 11 is 13.1. The zero-order chi connectivity index (χ0) is 22.0. The van der Waals surface area contributed by atoms with Gasteiger partial charge in [-0.25, -0.2) is 15.2 Å². The molecule has 2 heterocycles. The van der Waals surface area contributed by atoms with Crippen LogP contribution in [-0.2, 0) is 0 Å². The number of hydrogen-bond acceptors (Lipinski definition) is 6. The average molecular weight is 455 g/mol. The average Bonchev–Trinajstić information content (AvgIpc) is 2.80. The molecule has 3 aromatic rings. The first kappa shape index (κ1) is 21.5. The molecule has 0 atom stereocenters. The van der Waals surface area contributed by atoms with Gasteiger partial charge in [-0.15, -0.1) is 0 Å². The summed E-state index contributed by atoms with van der Waals surface area (Å²) in [5.41, 5.74) is 2.27. The van der Waals surface area contributed by atoms with E-state index >= 15 is 0 Å². The molecule has 4 rings (SSSR count). The fourth-order valence-electron chi connectivity index (χ4n) is 3.95. The molecule has 31 heavy (non-hydrogen) atoms. The number of rotatable bonds is 5. The van der Waals surface area contributed by atoms with Crippen LogP contribution in [0.4, 0.5) is 5.95 Å². The SMILES string of the molecule is COc1cc(OC)c(Cl)c(-c2ccc3nc(NC4CCB(C#N)CC4)ncc3c2)c1Cl. The highest BCUT2D eigenvalue weighted by molar-refractivity contribution is 6.67. The van der Waals surface area contributed by atoms with Crippen LogP contribution in [0.2, 0.25) is 22.7 Å². The molecule has 158 valence electrons. The molecule has 0 unspecified atom stereocenters. The number of ether oxygens (including phenoxy) is 2. The molecule has 2 aromatic carbocycles. The van der Waals surface area contributed by atoms with Crippen molar-refractivity contribution in [2.45, 2.75) is 31.5 Å². The summed E-state index contributed by atoms with van der Waals surface area (Å²) in [5.74, 6) is 3.93. The lowest BCUT2D eigenvalue weighted by atomic mass is 9.42. The summed E-state index contributed by atoms with van der Waals surface area (Å²) in [4.78, 5) is 9.14. The number of hydrogen-bond donors (Lipinski definition) is 1. The standard InChI is InChI=1S/C22H21BCl2N4O2/c1-30-17-10-18(31-2)21(25)19(20(17)24)13-3-4-16-14(9-13)11-27-22(29-16)28-15-5-7-23(12-26)8-6-15/h3-4,9-11,15H,5-8H2,1-2H3,(H,27,28,29). The summed E-state index contributed by atoms with van der Waals surface area (Å²) in [6.07, 6.45) is 5.52. The van der Waals surface area contributed by atoms with E-state index in [4.69, 9.17) is 37.9 Å². The zero-order valence-corrected chi connectivity index (χ0v) is 18.8. The largest absolute Gasteiger partial charge is 0.495 e. The minimum atomic E-state index is 0.169. The maximum atomic E-state index is 9.06. The molecule has 1 aromatic heterocycles. The Labute approximate surface area is 191 Å². The van der Waals surface area contributed by atoms with Crippen LogP contribution < -0.4 is 14.8 Å². The van der Waals surface area contributed by atoms with E-state index in [1.165, 1.54) is 0 Å². The lowest BCUT2D eigenvalue weighted by Gasteiger charge is -2.24. The molecule has 0 spiro atoms. The highest BCUT2D eigenvalue weighted by atomic mass is 35.5. The first-order valence-electron chi connectivity index (χ1n) is 10.1. The maximum absolute atomic E-state index is 9.06. The van der Waals surface area contributed by atoms with Crippen molar-refractivity contribution in [3.05, 3.63) is 40.5 Å². The zero-order valence-electron chi connectivity index (χ0n) is 17.3. The minimum absolute atomic E-state index is 0.169. The second kappa shape index (κ2) is 9.21. The van der Waals surface area contributed by atoms with Crippen molar-refractivity contribution in [1.82, 2.24) is 9.97 Å². The molecule has 1 saturated heterocycles. The number of anilines is 1. The molecule has 0 saturated carbocycles. The lowest BCUT2D eigenvalue weighted by molar-refractivity contribution is 0.395. The molecule has 0 radical (unpaired) electrons. The monoisotopic (exact) mass is 454 g/mol. The van der Waals surface area contributed by atoms with Gasteiger partial charge in [-0.1, -0.05) is 41.9 Å². The van der Waals surface area contributed by atoms with E-state index in [-0.39, 0.29) is 6.71 Å². The molecule has 6 nitrogen and oxygen atoms in total. The number of benzene rings is 2. The predicted molar refractivity (Wildman–Crippen MR) is 126 cm³/mol. The third-order valence-electron chi connectivity index (χ3n) is 5.69. The number of nitrogens with one attached hydrogen (secondary N) is 1. The van der Waals surface area contributed by atoms with Gasteiger partial charge in [0.25, 0.3) is 6.71 Å². The first-order valence-corrected chi connectivity index (χ1v) is 10.8. The summed E-state index contributed by atoms with van der Waals surface area (Å²) in [6.45, 7) is 0.169. The van der Waals surface area contributed by atoms with Crippen LogP contribution in [0.25, 0.3) is 22.0 Å². The second-order valence-corrected chi connectivity index (χ2v) is 8.33. The molecule has 0 bridgehead atoms. The molecule has 0 aliphatic carbocycles. The lowest BCUT2D eigenvalue weighted by Crippen LogP contribution is -2.29. The van der Waals surface area contributed by atoms with Gasteiger partial charge >= 0.3 is 0 Å². The van der Waals surface area contributed by atoms with E-state index in [0.29, 0.717) is 39.1 Å². The summed E-state index contributed by atoms with van der Waals surface area (Å²) < 4.78 is 10.7. The number of halogens is 2. The Balaban J connectivity index is 1.63. The van der Waals surface area contributed by atoms with Crippen molar-refractivity contribution < 1.29 is 9.47 Å². The van der Waals surface area contributed by atoms with Crippen molar-refractivity contribution in [3.63, 3.8) is 0 Å². The van der Waals surface area contributed by atoms with Crippen LogP contribution in [-0.4, -0.2) is 36.9 Å². The normalized spacial score (nSPS) is 14.4. The molecular weight excluding hydrogens is 434 g/mol. The molecule has 1 fully saturated rings. The summed E-state index contributed by atoms with van der Waals surface area (Å²) in [5, 5.41) is 14.2. The topological polar surface area (TPSA) is 80.1 Å². The molecule has 1 N–H and O–H groups in total.